The number of rotatable bonds is 7. The second-order valence-corrected chi connectivity index (χ2v) is 5.45. The van der Waals surface area contributed by atoms with Crippen LogP contribution in [-0.4, -0.2) is 55.5 Å². The molecule has 0 spiro atoms. The molecule has 0 bridgehead atoms. The number of ketones is 1. The first-order valence-corrected chi connectivity index (χ1v) is 7.04. The van der Waals surface area contributed by atoms with Crippen LogP contribution in [0.1, 0.15) is 39.5 Å². The molecule has 0 aromatic carbocycles. The minimum absolute atomic E-state index is 0.0139. The van der Waals surface area contributed by atoms with Crippen molar-refractivity contribution in [3.05, 3.63) is 0 Å². The normalized spacial score (nSPS) is 21.9. The first kappa shape index (κ1) is 16.1. The Hall–Kier alpha value is -0.940. The fraction of sp³-hybridized carbons (Fsp3) is 0.857. The molecule has 1 amide bonds. The van der Waals surface area contributed by atoms with Crippen LogP contribution < -0.4 is 5.32 Å². The highest BCUT2D eigenvalue weighted by molar-refractivity contribution is 5.79. The van der Waals surface area contributed by atoms with Crippen molar-refractivity contribution in [1.82, 2.24) is 10.2 Å². The number of ether oxygens (including phenoxy) is 1. The standard InChI is InChI=1S/C14H26N2O3/c1-11(10-19-3)15-14(18)9-16-7-5-4-6-13(16)8-12(2)17/h11,13H,4-10H2,1-3H3,(H,15,18). The van der Waals surface area contributed by atoms with Crippen LogP contribution in [0.3, 0.4) is 0 Å². The lowest BCUT2D eigenvalue weighted by atomic mass is 9.98. The van der Waals surface area contributed by atoms with E-state index < -0.39 is 0 Å². The van der Waals surface area contributed by atoms with Crippen LogP contribution in [0, 0.1) is 0 Å². The first-order valence-electron chi connectivity index (χ1n) is 7.04. The van der Waals surface area contributed by atoms with Gasteiger partial charge in [0.05, 0.1) is 13.2 Å². The van der Waals surface area contributed by atoms with Crippen molar-refractivity contribution in [2.24, 2.45) is 0 Å². The molecule has 5 nitrogen and oxygen atoms in total. The Kier molecular flexibility index (Phi) is 7.02. The third kappa shape index (κ3) is 6.16. The van der Waals surface area contributed by atoms with Gasteiger partial charge >= 0.3 is 0 Å². The number of Topliss-reactive ketones (excluding diaryl/α,β-unsaturated/α-hetero) is 1. The predicted molar refractivity (Wildman–Crippen MR) is 74.0 cm³/mol. The molecule has 110 valence electrons. The summed E-state index contributed by atoms with van der Waals surface area (Å²) in [6, 6.07) is 0.253. The maximum Gasteiger partial charge on any atom is 0.234 e. The van der Waals surface area contributed by atoms with Gasteiger partial charge in [-0.2, -0.15) is 0 Å². The van der Waals surface area contributed by atoms with E-state index in [-0.39, 0.29) is 23.8 Å². The number of carbonyl (C=O) groups is 2. The van der Waals surface area contributed by atoms with E-state index in [9.17, 15) is 9.59 Å². The molecule has 0 aliphatic carbocycles. The van der Waals surface area contributed by atoms with Gasteiger partial charge in [0.15, 0.2) is 0 Å². The van der Waals surface area contributed by atoms with Gasteiger partial charge in [-0.25, -0.2) is 0 Å². The number of amides is 1. The zero-order chi connectivity index (χ0) is 14.3. The molecule has 5 heteroatoms. The number of nitrogens with one attached hydrogen (secondary N) is 1. The summed E-state index contributed by atoms with van der Waals surface area (Å²) in [5, 5.41) is 2.91. The maximum absolute atomic E-state index is 11.9. The molecule has 0 radical (unpaired) electrons. The molecule has 19 heavy (non-hydrogen) atoms. The third-order valence-electron chi connectivity index (χ3n) is 3.44. The lowest BCUT2D eigenvalue weighted by molar-refractivity contribution is -0.125. The van der Waals surface area contributed by atoms with Crippen LogP contribution in [0.2, 0.25) is 0 Å². The number of carbonyl (C=O) groups excluding carboxylic acids is 2. The second kappa shape index (κ2) is 8.27. The summed E-state index contributed by atoms with van der Waals surface area (Å²) in [5.41, 5.74) is 0. The fourth-order valence-electron chi connectivity index (χ4n) is 2.63. The van der Waals surface area contributed by atoms with Crippen molar-refractivity contribution >= 4 is 11.7 Å². The van der Waals surface area contributed by atoms with E-state index in [1.807, 2.05) is 6.92 Å². The van der Waals surface area contributed by atoms with Gasteiger partial charge in [0.2, 0.25) is 5.91 Å². The molecule has 1 rings (SSSR count). The van der Waals surface area contributed by atoms with E-state index in [2.05, 4.69) is 10.2 Å². The Morgan fingerprint density at radius 3 is 2.79 bits per heavy atom. The molecule has 1 heterocycles. The molecule has 1 saturated heterocycles. The number of likely N-dealkylation sites (tertiary alicyclic amines) is 1. The van der Waals surface area contributed by atoms with Crippen LogP contribution in [-0.2, 0) is 14.3 Å². The van der Waals surface area contributed by atoms with E-state index in [0.717, 1.165) is 25.8 Å². The highest BCUT2D eigenvalue weighted by Gasteiger charge is 2.25. The van der Waals surface area contributed by atoms with Crippen molar-refractivity contribution in [3.8, 4) is 0 Å². The summed E-state index contributed by atoms with van der Waals surface area (Å²) in [7, 11) is 1.62. The Morgan fingerprint density at radius 2 is 2.16 bits per heavy atom. The van der Waals surface area contributed by atoms with Crippen LogP contribution in [0.4, 0.5) is 0 Å². The fourth-order valence-corrected chi connectivity index (χ4v) is 2.63. The van der Waals surface area contributed by atoms with E-state index >= 15 is 0 Å². The zero-order valence-corrected chi connectivity index (χ0v) is 12.3. The van der Waals surface area contributed by atoms with Crippen molar-refractivity contribution in [1.29, 1.82) is 0 Å². The molecule has 1 aliphatic rings. The molecule has 0 saturated carbocycles. The Bertz CT molecular complexity index is 307. The lowest BCUT2D eigenvalue weighted by Gasteiger charge is -2.34. The van der Waals surface area contributed by atoms with Gasteiger partial charge < -0.3 is 10.1 Å². The number of hydrogen-bond acceptors (Lipinski definition) is 4. The number of methoxy groups -OCH3 is 1. The zero-order valence-electron chi connectivity index (χ0n) is 12.3. The Balaban J connectivity index is 2.43. The largest absolute Gasteiger partial charge is 0.383 e. The van der Waals surface area contributed by atoms with Crippen molar-refractivity contribution < 1.29 is 14.3 Å². The lowest BCUT2D eigenvalue weighted by Crippen LogP contribution is -2.48. The number of nitrogens with zero attached hydrogens (tertiary/aromatic N) is 1. The summed E-state index contributed by atoms with van der Waals surface area (Å²) < 4.78 is 5.00. The molecule has 0 aromatic rings. The summed E-state index contributed by atoms with van der Waals surface area (Å²) in [6.07, 6.45) is 3.83. The minimum Gasteiger partial charge on any atom is -0.383 e. The third-order valence-corrected chi connectivity index (χ3v) is 3.44. The van der Waals surface area contributed by atoms with Crippen LogP contribution in [0.25, 0.3) is 0 Å². The van der Waals surface area contributed by atoms with Crippen molar-refractivity contribution in [2.75, 3.05) is 26.8 Å². The molecule has 2 unspecified atom stereocenters. The molecule has 1 N–H and O–H groups in total. The molecule has 1 aliphatic heterocycles. The van der Waals surface area contributed by atoms with E-state index in [4.69, 9.17) is 4.74 Å². The first-order chi connectivity index (χ1) is 9.02. The minimum atomic E-state index is 0.0139. The Labute approximate surface area is 115 Å². The molecule has 0 aromatic heterocycles. The number of piperidine rings is 1. The van der Waals surface area contributed by atoms with Gasteiger partial charge in [0.25, 0.3) is 0 Å². The second-order valence-electron chi connectivity index (χ2n) is 5.45. The van der Waals surface area contributed by atoms with Gasteiger partial charge in [-0.3, -0.25) is 14.5 Å². The van der Waals surface area contributed by atoms with E-state index in [1.54, 1.807) is 14.0 Å². The van der Waals surface area contributed by atoms with Crippen LogP contribution in [0.15, 0.2) is 0 Å². The average molecular weight is 270 g/mol. The highest BCUT2D eigenvalue weighted by atomic mass is 16.5. The smallest absolute Gasteiger partial charge is 0.234 e. The van der Waals surface area contributed by atoms with E-state index in [0.29, 0.717) is 19.6 Å². The van der Waals surface area contributed by atoms with Crippen molar-refractivity contribution in [3.63, 3.8) is 0 Å². The monoisotopic (exact) mass is 270 g/mol. The van der Waals surface area contributed by atoms with Crippen LogP contribution in [0.5, 0.6) is 0 Å². The van der Waals surface area contributed by atoms with Gasteiger partial charge in [0, 0.05) is 25.6 Å². The van der Waals surface area contributed by atoms with Gasteiger partial charge in [-0.1, -0.05) is 6.42 Å². The molecule has 1 fully saturated rings. The van der Waals surface area contributed by atoms with Gasteiger partial charge in [-0.15, -0.1) is 0 Å². The highest BCUT2D eigenvalue weighted by Crippen LogP contribution is 2.19. The quantitative estimate of drug-likeness (QED) is 0.749. The molecular weight excluding hydrogens is 244 g/mol. The molecule has 2 atom stereocenters. The summed E-state index contributed by atoms with van der Waals surface area (Å²) in [5.74, 6) is 0.213. The Morgan fingerprint density at radius 1 is 1.42 bits per heavy atom. The average Bonchev–Trinajstić information content (AvgIpc) is 2.31. The summed E-state index contributed by atoms with van der Waals surface area (Å²) >= 11 is 0. The van der Waals surface area contributed by atoms with E-state index in [1.165, 1.54) is 0 Å². The van der Waals surface area contributed by atoms with Gasteiger partial charge in [0.1, 0.15) is 5.78 Å². The SMILES string of the molecule is COCC(C)NC(=O)CN1CCCCC1CC(C)=O. The van der Waals surface area contributed by atoms with Crippen molar-refractivity contribution in [2.45, 2.75) is 51.6 Å². The number of hydrogen-bond donors (Lipinski definition) is 1. The summed E-state index contributed by atoms with van der Waals surface area (Å²) in [6.45, 7) is 5.34. The molecular formula is C14H26N2O3. The maximum atomic E-state index is 11.9. The topological polar surface area (TPSA) is 58.6 Å². The summed E-state index contributed by atoms with van der Waals surface area (Å²) in [4.78, 5) is 25.3. The predicted octanol–water partition coefficient (Wildman–Crippen LogP) is 0.971. The van der Waals surface area contributed by atoms with Gasteiger partial charge in [-0.05, 0) is 33.2 Å². The van der Waals surface area contributed by atoms with Crippen LogP contribution >= 0.6 is 0 Å².